The minimum Gasteiger partial charge on any atom is -0.324 e. The molecule has 0 aromatic heterocycles. The number of nitrogens with two attached hydrogens (primary N) is 1. The van der Waals surface area contributed by atoms with Gasteiger partial charge in [0.2, 0.25) is 10.0 Å². The molecule has 0 radical (unpaired) electrons. The molecule has 10 heteroatoms. The molecular weight excluding hydrogens is 365 g/mol. The molecule has 132 valence electrons. The van der Waals surface area contributed by atoms with E-state index in [-0.39, 0.29) is 40.1 Å². The summed E-state index contributed by atoms with van der Waals surface area (Å²) in [5, 5.41) is 11.0. The van der Waals surface area contributed by atoms with Crippen molar-refractivity contribution in [3.05, 3.63) is 32.8 Å². The van der Waals surface area contributed by atoms with Gasteiger partial charge >= 0.3 is 0 Å². The van der Waals surface area contributed by atoms with Crippen LogP contribution in [-0.4, -0.2) is 25.4 Å². The first kappa shape index (κ1) is 22.1. The highest BCUT2D eigenvalue weighted by atomic mass is 35.5. The van der Waals surface area contributed by atoms with Crippen LogP contribution in [0.5, 0.6) is 0 Å². The number of nitro benzene ring substituents is 1. The van der Waals surface area contributed by atoms with E-state index in [4.69, 9.17) is 17.3 Å². The van der Waals surface area contributed by atoms with E-state index in [1.807, 2.05) is 13.8 Å². The summed E-state index contributed by atoms with van der Waals surface area (Å²) in [5.74, 6) is 0. The number of hydrogen-bond acceptors (Lipinski definition) is 5. The van der Waals surface area contributed by atoms with Gasteiger partial charge in [0.15, 0.2) is 0 Å². The van der Waals surface area contributed by atoms with E-state index < -0.39 is 20.5 Å². The Bertz CT molecular complexity index is 676. The molecule has 7 nitrogen and oxygen atoms in total. The Balaban J connectivity index is 0.00000484. The van der Waals surface area contributed by atoms with Crippen LogP contribution in [0.1, 0.15) is 32.3 Å². The fourth-order valence-corrected chi connectivity index (χ4v) is 3.27. The van der Waals surface area contributed by atoms with Crippen molar-refractivity contribution in [2.75, 3.05) is 6.54 Å². The van der Waals surface area contributed by atoms with Gasteiger partial charge in [-0.1, -0.05) is 25.4 Å². The molecule has 0 saturated heterocycles. The lowest BCUT2D eigenvalue weighted by molar-refractivity contribution is -0.385. The third kappa shape index (κ3) is 5.29. The van der Waals surface area contributed by atoms with Crippen molar-refractivity contribution in [1.29, 1.82) is 0 Å². The van der Waals surface area contributed by atoms with Gasteiger partial charge in [-0.2, -0.15) is 0 Å². The zero-order chi connectivity index (χ0) is 17.1. The summed E-state index contributed by atoms with van der Waals surface area (Å²) in [7, 11) is -3.93. The highest BCUT2D eigenvalue weighted by molar-refractivity contribution is 7.89. The average molecular weight is 386 g/mol. The summed E-state index contributed by atoms with van der Waals surface area (Å²) in [6.07, 6.45) is 1.20. The number of nitrogens with zero attached hydrogens (tertiary/aromatic N) is 1. The zero-order valence-electron chi connectivity index (χ0n) is 13.1. The second-order valence-electron chi connectivity index (χ2n) is 5.20. The maximum absolute atomic E-state index is 12.3. The van der Waals surface area contributed by atoms with Gasteiger partial charge in [-0.15, -0.1) is 12.4 Å². The molecule has 0 atom stereocenters. The van der Waals surface area contributed by atoms with Crippen LogP contribution in [0.25, 0.3) is 0 Å². The first-order valence-electron chi connectivity index (χ1n) is 6.79. The lowest BCUT2D eigenvalue weighted by Gasteiger charge is -2.26. The molecule has 1 aromatic carbocycles. The predicted octanol–water partition coefficient (Wildman–Crippen LogP) is 2.77. The second kappa shape index (κ2) is 8.25. The Labute approximate surface area is 147 Å². The van der Waals surface area contributed by atoms with Crippen molar-refractivity contribution in [3.63, 3.8) is 0 Å². The van der Waals surface area contributed by atoms with Crippen LogP contribution in [0, 0.1) is 17.0 Å². The molecule has 3 N–H and O–H groups in total. The summed E-state index contributed by atoms with van der Waals surface area (Å²) in [4.78, 5) is 10.1. The molecule has 0 unspecified atom stereocenters. The number of hydrogen-bond donors (Lipinski definition) is 2. The summed E-state index contributed by atoms with van der Waals surface area (Å²) < 4.78 is 27.0. The number of benzene rings is 1. The Morgan fingerprint density at radius 2 is 1.87 bits per heavy atom. The molecule has 0 amide bonds. The molecule has 0 bridgehead atoms. The molecular formula is C13H21Cl2N3O4S. The van der Waals surface area contributed by atoms with Gasteiger partial charge in [-0.05, 0) is 25.8 Å². The van der Waals surface area contributed by atoms with Crippen molar-refractivity contribution < 1.29 is 13.3 Å². The molecule has 0 spiro atoms. The molecule has 0 heterocycles. The van der Waals surface area contributed by atoms with Crippen LogP contribution in [0.2, 0.25) is 5.02 Å². The maximum Gasteiger partial charge on any atom is 0.275 e. The minimum absolute atomic E-state index is 0. The Morgan fingerprint density at radius 1 is 1.35 bits per heavy atom. The number of halogens is 2. The highest BCUT2D eigenvalue weighted by Crippen LogP contribution is 2.29. The Kier molecular flexibility index (Phi) is 7.92. The average Bonchev–Trinajstić information content (AvgIpc) is 2.47. The molecule has 1 aromatic rings. The molecule has 0 fully saturated rings. The van der Waals surface area contributed by atoms with Crippen molar-refractivity contribution in [2.24, 2.45) is 5.73 Å². The van der Waals surface area contributed by atoms with Crippen molar-refractivity contribution in [3.8, 4) is 0 Å². The molecule has 1 rings (SSSR count). The van der Waals surface area contributed by atoms with Crippen LogP contribution in [-0.2, 0) is 10.0 Å². The topological polar surface area (TPSA) is 115 Å². The lowest BCUT2D eigenvalue weighted by atomic mass is 9.95. The maximum atomic E-state index is 12.3. The summed E-state index contributed by atoms with van der Waals surface area (Å²) >= 11 is 5.89. The molecule has 23 heavy (non-hydrogen) atoms. The minimum atomic E-state index is -3.93. The molecule has 0 aliphatic carbocycles. The number of sulfonamides is 1. The van der Waals surface area contributed by atoms with Crippen molar-refractivity contribution in [1.82, 2.24) is 4.72 Å². The Morgan fingerprint density at radius 3 is 2.30 bits per heavy atom. The van der Waals surface area contributed by atoms with E-state index >= 15 is 0 Å². The van der Waals surface area contributed by atoms with E-state index in [9.17, 15) is 18.5 Å². The highest BCUT2D eigenvalue weighted by Gasteiger charge is 2.26. The van der Waals surface area contributed by atoms with E-state index in [1.54, 1.807) is 0 Å². The molecule has 0 saturated carbocycles. The first-order chi connectivity index (χ1) is 10.1. The SMILES string of the molecule is CCC(N)(CC)CNS(=O)(=O)c1cc(Cl)c(C)c([N+](=O)[O-])c1.Cl. The number of rotatable bonds is 7. The molecule has 0 aliphatic heterocycles. The number of nitrogens with one attached hydrogen (secondary N) is 1. The van der Waals surface area contributed by atoms with Gasteiger partial charge in [-0.3, -0.25) is 10.1 Å². The molecule has 0 aliphatic rings. The fraction of sp³-hybridized carbons (Fsp3) is 0.538. The summed E-state index contributed by atoms with van der Waals surface area (Å²) in [6, 6.07) is 2.20. The smallest absolute Gasteiger partial charge is 0.275 e. The van der Waals surface area contributed by atoms with E-state index in [1.165, 1.54) is 13.0 Å². The quantitative estimate of drug-likeness (QED) is 0.552. The van der Waals surface area contributed by atoms with Crippen LogP contribution in [0.4, 0.5) is 5.69 Å². The second-order valence-corrected chi connectivity index (χ2v) is 7.37. The van der Waals surface area contributed by atoms with Gasteiger partial charge in [-0.25, -0.2) is 13.1 Å². The Hall–Kier alpha value is -0.930. The monoisotopic (exact) mass is 385 g/mol. The standard InChI is InChI=1S/C13H20ClN3O4S.ClH/c1-4-13(15,5-2)8-16-22(20,21)10-6-11(14)9(3)12(7-10)17(18)19;/h6-7,16H,4-5,8,15H2,1-3H3;1H. The van der Waals surface area contributed by atoms with Gasteiger partial charge in [0, 0.05) is 23.7 Å². The van der Waals surface area contributed by atoms with Crippen LogP contribution in [0.3, 0.4) is 0 Å². The summed E-state index contributed by atoms with van der Waals surface area (Å²) in [5.41, 5.74) is 5.28. The summed E-state index contributed by atoms with van der Waals surface area (Å²) in [6.45, 7) is 5.24. The van der Waals surface area contributed by atoms with Crippen molar-refractivity contribution >= 4 is 39.7 Å². The normalized spacial score (nSPS) is 11.9. The van der Waals surface area contributed by atoms with E-state index in [0.717, 1.165) is 6.07 Å². The third-order valence-electron chi connectivity index (χ3n) is 3.82. The predicted molar refractivity (Wildman–Crippen MR) is 92.8 cm³/mol. The number of nitro groups is 1. The zero-order valence-corrected chi connectivity index (χ0v) is 15.5. The van der Waals surface area contributed by atoms with Gasteiger partial charge in [0.05, 0.1) is 14.8 Å². The van der Waals surface area contributed by atoms with E-state index in [0.29, 0.717) is 12.8 Å². The first-order valence-corrected chi connectivity index (χ1v) is 8.65. The van der Waals surface area contributed by atoms with Gasteiger partial charge < -0.3 is 5.73 Å². The van der Waals surface area contributed by atoms with Crippen molar-refractivity contribution in [2.45, 2.75) is 44.0 Å². The van der Waals surface area contributed by atoms with Crippen LogP contribution < -0.4 is 10.5 Å². The van der Waals surface area contributed by atoms with E-state index in [2.05, 4.69) is 4.72 Å². The lowest BCUT2D eigenvalue weighted by Crippen LogP contribution is -2.49. The van der Waals surface area contributed by atoms with Crippen LogP contribution in [0.15, 0.2) is 17.0 Å². The van der Waals surface area contributed by atoms with Gasteiger partial charge in [0.25, 0.3) is 5.69 Å². The van der Waals surface area contributed by atoms with Crippen LogP contribution >= 0.6 is 24.0 Å². The fourth-order valence-electron chi connectivity index (χ4n) is 1.81. The largest absolute Gasteiger partial charge is 0.324 e. The third-order valence-corrected chi connectivity index (χ3v) is 5.59. The van der Waals surface area contributed by atoms with Gasteiger partial charge in [0.1, 0.15) is 0 Å².